The molecule has 1 aromatic rings. The molecule has 0 bridgehead atoms. The summed E-state index contributed by atoms with van der Waals surface area (Å²) >= 11 is 0. The van der Waals surface area contributed by atoms with Gasteiger partial charge in [0, 0.05) is 19.7 Å². The molecule has 1 heterocycles. The van der Waals surface area contributed by atoms with Crippen LogP contribution >= 0.6 is 0 Å². The van der Waals surface area contributed by atoms with Crippen LogP contribution in [-0.2, 0) is 17.8 Å². The highest BCUT2D eigenvalue weighted by Crippen LogP contribution is 1.96. The van der Waals surface area contributed by atoms with Crippen molar-refractivity contribution >= 4 is 0 Å². The molecular weight excluding hydrogens is 192 g/mol. The molecule has 0 saturated carbocycles. The van der Waals surface area contributed by atoms with Gasteiger partial charge in [0.25, 0.3) is 0 Å². The molecule has 0 aromatic carbocycles. The van der Waals surface area contributed by atoms with Crippen LogP contribution in [0.25, 0.3) is 0 Å². The van der Waals surface area contributed by atoms with Crippen LogP contribution in [0.15, 0.2) is 6.33 Å². The van der Waals surface area contributed by atoms with Crippen LogP contribution in [0.2, 0.25) is 0 Å². The summed E-state index contributed by atoms with van der Waals surface area (Å²) in [4.78, 5) is 4.22. The van der Waals surface area contributed by atoms with Crippen molar-refractivity contribution in [2.24, 2.45) is 0 Å². The third-order valence-corrected chi connectivity index (χ3v) is 2.16. The Morgan fingerprint density at radius 1 is 1.60 bits per heavy atom. The largest absolute Gasteiger partial charge is 0.383 e. The SMILES string of the molecule is CCCn1ncnc1CNC(C)COC. The van der Waals surface area contributed by atoms with Crippen LogP contribution in [0.1, 0.15) is 26.1 Å². The zero-order valence-electron chi connectivity index (χ0n) is 9.73. The van der Waals surface area contributed by atoms with Crippen LogP contribution in [0, 0.1) is 0 Å². The molecule has 5 heteroatoms. The number of ether oxygens (including phenoxy) is 1. The number of rotatable bonds is 7. The molecule has 0 saturated heterocycles. The number of hydrogen-bond donors (Lipinski definition) is 1. The van der Waals surface area contributed by atoms with Crippen molar-refractivity contribution in [3.05, 3.63) is 12.2 Å². The number of aromatic nitrogens is 3. The van der Waals surface area contributed by atoms with E-state index in [4.69, 9.17) is 4.74 Å². The van der Waals surface area contributed by atoms with Gasteiger partial charge in [-0.15, -0.1) is 0 Å². The van der Waals surface area contributed by atoms with Crippen LogP contribution in [0.3, 0.4) is 0 Å². The number of nitrogens with zero attached hydrogens (tertiary/aromatic N) is 3. The van der Waals surface area contributed by atoms with E-state index in [1.54, 1.807) is 13.4 Å². The van der Waals surface area contributed by atoms with Crippen molar-refractivity contribution in [2.45, 2.75) is 39.4 Å². The van der Waals surface area contributed by atoms with E-state index in [0.717, 1.165) is 25.3 Å². The van der Waals surface area contributed by atoms with Gasteiger partial charge < -0.3 is 10.1 Å². The van der Waals surface area contributed by atoms with Crippen molar-refractivity contribution < 1.29 is 4.74 Å². The van der Waals surface area contributed by atoms with Gasteiger partial charge in [0.2, 0.25) is 0 Å². The minimum Gasteiger partial charge on any atom is -0.383 e. The minimum absolute atomic E-state index is 0.335. The zero-order valence-corrected chi connectivity index (χ0v) is 9.73. The molecule has 15 heavy (non-hydrogen) atoms. The fraction of sp³-hybridized carbons (Fsp3) is 0.800. The van der Waals surface area contributed by atoms with Gasteiger partial charge in [-0.2, -0.15) is 5.10 Å². The van der Waals surface area contributed by atoms with E-state index >= 15 is 0 Å². The van der Waals surface area contributed by atoms with Crippen LogP contribution in [0.4, 0.5) is 0 Å². The number of methoxy groups -OCH3 is 1. The maximum absolute atomic E-state index is 5.05. The van der Waals surface area contributed by atoms with Gasteiger partial charge in [-0.25, -0.2) is 9.67 Å². The van der Waals surface area contributed by atoms with Crippen molar-refractivity contribution in [1.82, 2.24) is 20.1 Å². The van der Waals surface area contributed by atoms with Gasteiger partial charge in [0.15, 0.2) is 0 Å². The molecule has 1 N–H and O–H groups in total. The van der Waals surface area contributed by atoms with E-state index in [9.17, 15) is 0 Å². The highest BCUT2D eigenvalue weighted by molar-refractivity contribution is 4.84. The molecule has 0 radical (unpaired) electrons. The smallest absolute Gasteiger partial charge is 0.140 e. The normalized spacial score (nSPS) is 13.0. The third kappa shape index (κ3) is 3.97. The summed E-state index contributed by atoms with van der Waals surface area (Å²) in [6.45, 7) is 6.60. The lowest BCUT2D eigenvalue weighted by molar-refractivity contribution is 0.171. The van der Waals surface area contributed by atoms with Gasteiger partial charge in [0.1, 0.15) is 12.2 Å². The lowest BCUT2D eigenvalue weighted by atomic mass is 10.3. The summed E-state index contributed by atoms with van der Waals surface area (Å²) in [7, 11) is 1.71. The minimum atomic E-state index is 0.335. The average Bonchev–Trinajstić information content (AvgIpc) is 2.64. The molecular formula is C10H20N4O. The fourth-order valence-corrected chi connectivity index (χ4v) is 1.40. The Hall–Kier alpha value is -0.940. The van der Waals surface area contributed by atoms with Crippen LogP contribution < -0.4 is 5.32 Å². The van der Waals surface area contributed by atoms with Gasteiger partial charge in [-0.3, -0.25) is 0 Å². The van der Waals surface area contributed by atoms with Crippen molar-refractivity contribution in [2.75, 3.05) is 13.7 Å². The van der Waals surface area contributed by atoms with Crippen molar-refractivity contribution in [1.29, 1.82) is 0 Å². The molecule has 1 unspecified atom stereocenters. The first-order chi connectivity index (χ1) is 7.27. The first kappa shape index (κ1) is 12.1. The summed E-state index contributed by atoms with van der Waals surface area (Å²) in [6, 6.07) is 0.335. The van der Waals surface area contributed by atoms with E-state index in [1.807, 2.05) is 4.68 Å². The molecule has 1 atom stereocenters. The maximum Gasteiger partial charge on any atom is 0.140 e. The second-order valence-corrected chi connectivity index (χ2v) is 3.64. The molecule has 5 nitrogen and oxygen atoms in total. The van der Waals surface area contributed by atoms with E-state index in [0.29, 0.717) is 12.6 Å². The number of nitrogens with one attached hydrogen (secondary N) is 1. The first-order valence-corrected chi connectivity index (χ1v) is 5.37. The zero-order chi connectivity index (χ0) is 11.1. The fourth-order valence-electron chi connectivity index (χ4n) is 1.40. The third-order valence-electron chi connectivity index (χ3n) is 2.16. The standard InChI is InChI=1S/C10H20N4O/c1-4-5-14-10(12-8-13-14)6-11-9(2)7-15-3/h8-9,11H,4-7H2,1-3H3. The number of aryl methyl sites for hydroxylation is 1. The Labute approximate surface area is 90.8 Å². The van der Waals surface area contributed by atoms with Crippen LogP contribution in [-0.4, -0.2) is 34.5 Å². The van der Waals surface area contributed by atoms with E-state index < -0.39 is 0 Å². The van der Waals surface area contributed by atoms with Gasteiger partial charge >= 0.3 is 0 Å². The molecule has 0 aliphatic rings. The Bertz CT molecular complexity index is 274. The number of hydrogen-bond acceptors (Lipinski definition) is 4. The average molecular weight is 212 g/mol. The molecule has 0 amide bonds. The van der Waals surface area contributed by atoms with Gasteiger partial charge in [-0.05, 0) is 13.3 Å². The summed E-state index contributed by atoms with van der Waals surface area (Å²) in [5, 5.41) is 7.50. The summed E-state index contributed by atoms with van der Waals surface area (Å²) in [6.07, 6.45) is 2.68. The van der Waals surface area contributed by atoms with E-state index in [2.05, 4.69) is 29.2 Å². The van der Waals surface area contributed by atoms with Crippen LogP contribution in [0.5, 0.6) is 0 Å². The monoisotopic (exact) mass is 212 g/mol. The van der Waals surface area contributed by atoms with Crippen molar-refractivity contribution in [3.8, 4) is 0 Å². The summed E-state index contributed by atoms with van der Waals surface area (Å²) in [5.74, 6) is 0.986. The highest BCUT2D eigenvalue weighted by atomic mass is 16.5. The lowest BCUT2D eigenvalue weighted by Gasteiger charge is -2.12. The summed E-state index contributed by atoms with van der Waals surface area (Å²) in [5.41, 5.74) is 0. The molecule has 0 aliphatic heterocycles. The molecule has 0 spiro atoms. The van der Waals surface area contributed by atoms with Crippen molar-refractivity contribution in [3.63, 3.8) is 0 Å². The topological polar surface area (TPSA) is 52.0 Å². The molecule has 86 valence electrons. The van der Waals surface area contributed by atoms with E-state index in [-0.39, 0.29) is 0 Å². The Morgan fingerprint density at radius 2 is 2.40 bits per heavy atom. The second-order valence-electron chi connectivity index (χ2n) is 3.64. The predicted octanol–water partition coefficient (Wildman–Crippen LogP) is 0.813. The highest BCUT2D eigenvalue weighted by Gasteiger charge is 2.05. The molecule has 1 rings (SSSR count). The quantitative estimate of drug-likeness (QED) is 0.727. The van der Waals surface area contributed by atoms with Gasteiger partial charge in [-0.1, -0.05) is 6.92 Å². The molecule has 1 aromatic heterocycles. The second kappa shape index (κ2) is 6.53. The molecule has 0 aliphatic carbocycles. The Morgan fingerprint density at radius 3 is 3.07 bits per heavy atom. The first-order valence-electron chi connectivity index (χ1n) is 5.37. The predicted molar refractivity (Wildman–Crippen MR) is 58.5 cm³/mol. The summed E-state index contributed by atoms with van der Waals surface area (Å²) < 4.78 is 6.98. The lowest BCUT2D eigenvalue weighted by Crippen LogP contribution is -2.30. The van der Waals surface area contributed by atoms with Gasteiger partial charge in [0.05, 0.1) is 13.2 Å². The molecule has 0 fully saturated rings. The Balaban J connectivity index is 2.39. The Kier molecular flexibility index (Phi) is 5.28. The van der Waals surface area contributed by atoms with E-state index in [1.165, 1.54) is 0 Å². The maximum atomic E-state index is 5.05.